The summed E-state index contributed by atoms with van der Waals surface area (Å²) in [6.07, 6.45) is 1.20. The molecule has 2 nitrogen and oxygen atoms in total. The molecule has 0 aliphatic rings. The van der Waals surface area contributed by atoms with E-state index in [4.69, 9.17) is 0 Å². The topological polar surface area (TPSA) is 15.3 Å². The Morgan fingerprint density at radius 1 is 1.18 bits per heavy atom. The molecule has 1 N–H and O–H groups in total. The molecule has 0 heterocycles. The molecule has 0 amide bonds. The quantitative estimate of drug-likeness (QED) is 0.831. The fourth-order valence-corrected chi connectivity index (χ4v) is 2.12. The first kappa shape index (κ1) is 13.9. The summed E-state index contributed by atoms with van der Waals surface area (Å²) >= 11 is 0. The maximum Gasteiger partial charge on any atom is 0.0373 e. The number of nitrogens with zero attached hydrogens (tertiary/aromatic N) is 1. The molecule has 1 aromatic carbocycles. The molecule has 0 spiro atoms. The lowest BCUT2D eigenvalue weighted by molar-refractivity contribution is 0.539. The molecule has 0 bridgehead atoms. The van der Waals surface area contributed by atoms with Crippen molar-refractivity contribution < 1.29 is 0 Å². The number of anilines is 2. The number of aryl methyl sites for hydroxylation is 1. The van der Waals surface area contributed by atoms with E-state index >= 15 is 0 Å². The third-order valence-electron chi connectivity index (χ3n) is 2.95. The van der Waals surface area contributed by atoms with Gasteiger partial charge in [-0.1, -0.05) is 13.8 Å². The van der Waals surface area contributed by atoms with E-state index in [1.54, 1.807) is 0 Å². The molecule has 0 aliphatic carbocycles. The zero-order valence-corrected chi connectivity index (χ0v) is 12.0. The highest BCUT2D eigenvalue weighted by Crippen LogP contribution is 2.22. The first-order valence-corrected chi connectivity index (χ1v) is 6.44. The van der Waals surface area contributed by atoms with Crippen LogP contribution in [0.4, 0.5) is 11.4 Å². The molecule has 0 saturated heterocycles. The lowest BCUT2D eigenvalue weighted by Crippen LogP contribution is -2.18. The molecule has 0 aliphatic heterocycles. The first-order valence-electron chi connectivity index (χ1n) is 6.44. The van der Waals surface area contributed by atoms with Gasteiger partial charge in [-0.25, -0.2) is 0 Å². The maximum absolute atomic E-state index is 3.59. The second-order valence-corrected chi connectivity index (χ2v) is 5.57. The second-order valence-electron chi connectivity index (χ2n) is 5.57. The number of nitrogens with one attached hydrogen (secondary N) is 1. The van der Waals surface area contributed by atoms with Gasteiger partial charge in [0.1, 0.15) is 0 Å². The molecule has 1 aromatic rings. The van der Waals surface area contributed by atoms with Crippen molar-refractivity contribution >= 4 is 11.4 Å². The van der Waals surface area contributed by atoms with E-state index in [9.17, 15) is 0 Å². The van der Waals surface area contributed by atoms with Crippen LogP contribution in [0.25, 0.3) is 0 Å². The van der Waals surface area contributed by atoms with Crippen molar-refractivity contribution in [3.8, 4) is 0 Å². The normalized spacial score (nSPS) is 12.6. The van der Waals surface area contributed by atoms with E-state index in [1.165, 1.54) is 23.4 Å². The fraction of sp³-hybridized carbons (Fsp3) is 0.600. The van der Waals surface area contributed by atoms with Crippen molar-refractivity contribution in [1.82, 2.24) is 0 Å². The van der Waals surface area contributed by atoms with Crippen molar-refractivity contribution in [3.63, 3.8) is 0 Å². The van der Waals surface area contributed by atoms with Crippen LogP contribution in [0.2, 0.25) is 0 Å². The third kappa shape index (κ3) is 4.29. The molecule has 1 rings (SSSR count). The van der Waals surface area contributed by atoms with E-state index in [2.05, 4.69) is 70.2 Å². The molecule has 2 heteroatoms. The lowest BCUT2D eigenvalue weighted by atomic mass is 10.0. The molecule has 1 atom stereocenters. The van der Waals surface area contributed by atoms with Crippen molar-refractivity contribution in [2.45, 2.75) is 40.2 Å². The van der Waals surface area contributed by atoms with Gasteiger partial charge in [-0.2, -0.15) is 0 Å². The average molecular weight is 234 g/mol. The summed E-state index contributed by atoms with van der Waals surface area (Å²) in [5.74, 6) is 0.735. The Morgan fingerprint density at radius 3 is 2.29 bits per heavy atom. The molecule has 0 aromatic heterocycles. The number of rotatable bonds is 5. The Hall–Kier alpha value is -1.18. The third-order valence-corrected chi connectivity index (χ3v) is 2.95. The zero-order chi connectivity index (χ0) is 13.0. The Kier molecular flexibility index (Phi) is 4.86. The van der Waals surface area contributed by atoms with E-state index in [0.29, 0.717) is 6.04 Å². The Labute approximate surface area is 106 Å². The van der Waals surface area contributed by atoms with E-state index in [1.807, 2.05) is 0 Å². The van der Waals surface area contributed by atoms with Crippen LogP contribution < -0.4 is 10.2 Å². The summed E-state index contributed by atoms with van der Waals surface area (Å²) < 4.78 is 0. The van der Waals surface area contributed by atoms with Gasteiger partial charge in [0.15, 0.2) is 0 Å². The fourth-order valence-electron chi connectivity index (χ4n) is 2.12. The van der Waals surface area contributed by atoms with Gasteiger partial charge in [-0.05, 0) is 49.9 Å². The van der Waals surface area contributed by atoms with Gasteiger partial charge in [-0.3, -0.25) is 0 Å². The van der Waals surface area contributed by atoms with E-state index < -0.39 is 0 Å². The highest BCUT2D eigenvalue weighted by molar-refractivity contribution is 5.60. The largest absolute Gasteiger partial charge is 0.382 e. The predicted octanol–water partition coefficient (Wildman–Crippen LogP) is 3.91. The highest BCUT2D eigenvalue weighted by atomic mass is 15.1. The van der Waals surface area contributed by atoms with Crippen LogP contribution in [0.15, 0.2) is 18.2 Å². The van der Waals surface area contributed by atoms with Crippen molar-refractivity contribution in [2.24, 2.45) is 5.92 Å². The Balaban J connectivity index is 2.72. The highest BCUT2D eigenvalue weighted by Gasteiger charge is 2.07. The summed E-state index contributed by atoms with van der Waals surface area (Å²) in [6, 6.07) is 7.10. The van der Waals surface area contributed by atoms with Gasteiger partial charge in [0, 0.05) is 31.5 Å². The van der Waals surface area contributed by atoms with Gasteiger partial charge in [0.25, 0.3) is 0 Å². The minimum Gasteiger partial charge on any atom is -0.382 e. The van der Waals surface area contributed by atoms with Crippen LogP contribution in [-0.2, 0) is 0 Å². The monoisotopic (exact) mass is 234 g/mol. The zero-order valence-electron chi connectivity index (χ0n) is 12.0. The smallest absolute Gasteiger partial charge is 0.0373 e. The number of benzene rings is 1. The molecular formula is C15H26N2. The molecule has 0 radical (unpaired) electrons. The molecule has 0 fully saturated rings. The molecule has 96 valence electrons. The summed E-state index contributed by atoms with van der Waals surface area (Å²) in [6.45, 7) is 8.94. The lowest BCUT2D eigenvalue weighted by Gasteiger charge is -2.20. The average Bonchev–Trinajstić information content (AvgIpc) is 2.19. The van der Waals surface area contributed by atoms with Crippen LogP contribution in [0.5, 0.6) is 0 Å². The SMILES string of the molecule is Cc1cc(N(C)C)ccc1NC(C)CC(C)C. The minimum atomic E-state index is 0.527. The minimum absolute atomic E-state index is 0.527. The van der Waals surface area contributed by atoms with E-state index in [-0.39, 0.29) is 0 Å². The summed E-state index contributed by atoms with van der Waals surface area (Å²) in [5, 5.41) is 3.59. The molecule has 0 saturated carbocycles. The second kappa shape index (κ2) is 5.95. The molecular weight excluding hydrogens is 208 g/mol. The van der Waals surface area contributed by atoms with Gasteiger partial charge in [-0.15, -0.1) is 0 Å². The van der Waals surface area contributed by atoms with Crippen molar-refractivity contribution in [2.75, 3.05) is 24.3 Å². The van der Waals surface area contributed by atoms with Crippen molar-refractivity contribution in [1.29, 1.82) is 0 Å². The first-order chi connectivity index (χ1) is 7.90. The van der Waals surface area contributed by atoms with Crippen LogP contribution in [0.3, 0.4) is 0 Å². The Morgan fingerprint density at radius 2 is 1.82 bits per heavy atom. The van der Waals surface area contributed by atoms with Gasteiger partial charge < -0.3 is 10.2 Å². The van der Waals surface area contributed by atoms with Gasteiger partial charge in [0.05, 0.1) is 0 Å². The predicted molar refractivity (Wildman–Crippen MR) is 78.0 cm³/mol. The van der Waals surface area contributed by atoms with Crippen LogP contribution in [0, 0.1) is 12.8 Å². The number of hydrogen-bond donors (Lipinski definition) is 1. The van der Waals surface area contributed by atoms with Gasteiger partial charge in [0.2, 0.25) is 0 Å². The Bertz CT molecular complexity index is 356. The maximum atomic E-state index is 3.59. The molecule has 1 unspecified atom stereocenters. The van der Waals surface area contributed by atoms with E-state index in [0.717, 1.165) is 5.92 Å². The van der Waals surface area contributed by atoms with Crippen LogP contribution in [-0.4, -0.2) is 20.1 Å². The standard InChI is InChI=1S/C15H26N2/c1-11(2)9-13(4)16-15-8-7-14(17(5)6)10-12(15)3/h7-8,10-11,13,16H,9H2,1-6H3. The summed E-state index contributed by atoms with van der Waals surface area (Å²) in [4.78, 5) is 2.13. The summed E-state index contributed by atoms with van der Waals surface area (Å²) in [5.41, 5.74) is 3.82. The number of hydrogen-bond acceptors (Lipinski definition) is 2. The molecule has 17 heavy (non-hydrogen) atoms. The van der Waals surface area contributed by atoms with Crippen LogP contribution >= 0.6 is 0 Å². The van der Waals surface area contributed by atoms with Crippen LogP contribution in [0.1, 0.15) is 32.8 Å². The van der Waals surface area contributed by atoms with Crippen molar-refractivity contribution in [3.05, 3.63) is 23.8 Å². The summed E-state index contributed by atoms with van der Waals surface area (Å²) in [7, 11) is 4.15. The van der Waals surface area contributed by atoms with Gasteiger partial charge >= 0.3 is 0 Å².